The second-order valence-electron chi connectivity index (χ2n) is 18.0. The standard InChI is InChI=1S/C51H53N3O7/c55-33-12-11-29-23-40(49(59)46(24-29)61-34-8-1-2-9-34)48(58)32-7-3-6-31(25-32)35-13-14-42(54-50-38(35)18-22-53-50)39-27-43-37(17-21-52-43)41(47(39)45(57)26-33)28-51(60)19-15-30-5-4-10-44(56)36(30)16-20-51/h3-7,10,16-18,20-25,27,34-35,41-42,47-48,52-54,56,58-60H,1-2,8-9,11-15,19,26,28H2. The summed E-state index contributed by atoms with van der Waals surface area (Å²) in [6.45, 7) is 0. The van der Waals surface area contributed by atoms with E-state index in [0.717, 1.165) is 77.0 Å². The molecule has 6 atom stereocenters. The molecule has 5 aromatic rings. The summed E-state index contributed by atoms with van der Waals surface area (Å²) in [6, 6.07) is 20.7. The zero-order chi connectivity index (χ0) is 41.8. The third-order valence-electron chi connectivity index (χ3n) is 14.1. The Kier molecular flexibility index (Phi) is 10.2. The third kappa shape index (κ3) is 7.50. The number of anilines is 1. The number of carbonyl (C=O) groups is 2. The van der Waals surface area contributed by atoms with Gasteiger partial charge in [0.05, 0.1) is 18.1 Å². The summed E-state index contributed by atoms with van der Waals surface area (Å²) < 4.78 is 6.37. The number of hydrogen-bond donors (Lipinski definition) is 7. The molecule has 1 aliphatic heterocycles. The first-order valence-corrected chi connectivity index (χ1v) is 22.0. The fraction of sp³-hybridized carbons (Fsp3) is 0.373. The Bertz CT molecular complexity index is 2560. The second-order valence-corrected chi connectivity index (χ2v) is 18.0. The Morgan fingerprint density at radius 1 is 0.820 bits per heavy atom. The number of aromatic amines is 2. The van der Waals surface area contributed by atoms with Crippen molar-refractivity contribution in [3.63, 3.8) is 0 Å². The maximum absolute atomic E-state index is 15.1. The molecule has 3 aromatic carbocycles. The van der Waals surface area contributed by atoms with Crippen molar-refractivity contribution < 1.29 is 34.8 Å². The highest BCUT2D eigenvalue weighted by molar-refractivity contribution is 6.02. The number of aliphatic hydroxyl groups excluding tert-OH is 1. The minimum atomic E-state index is -1.30. The van der Waals surface area contributed by atoms with Gasteiger partial charge in [0.2, 0.25) is 0 Å². The molecule has 10 rings (SSSR count). The Labute approximate surface area is 355 Å². The molecule has 3 heterocycles. The van der Waals surface area contributed by atoms with Gasteiger partial charge in [0.1, 0.15) is 29.2 Å². The molecule has 6 unspecified atom stereocenters. The molecule has 10 nitrogen and oxygen atoms in total. The highest BCUT2D eigenvalue weighted by atomic mass is 16.5. The molecule has 0 saturated heterocycles. The summed E-state index contributed by atoms with van der Waals surface area (Å²) in [5, 5.41) is 50.6. The van der Waals surface area contributed by atoms with Gasteiger partial charge in [-0.25, -0.2) is 0 Å². The lowest BCUT2D eigenvalue weighted by Gasteiger charge is -2.39. The van der Waals surface area contributed by atoms with Crippen LogP contribution in [0.4, 0.5) is 5.82 Å². The predicted octanol–water partition coefficient (Wildman–Crippen LogP) is 8.92. The van der Waals surface area contributed by atoms with E-state index < -0.39 is 23.5 Å². The fourth-order valence-corrected chi connectivity index (χ4v) is 10.9. The van der Waals surface area contributed by atoms with Gasteiger partial charge in [-0.15, -0.1) is 0 Å². The van der Waals surface area contributed by atoms with E-state index in [4.69, 9.17) is 4.74 Å². The second kappa shape index (κ2) is 15.9. The number of Topliss-reactive ketones (excluding diaryl/α,β-unsaturated/α-hetero) is 2. The largest absolute Gasteiger partial charge is 0.507 e. The van der Waals surface area contributed by atoms with E-state index in [-0.39, 0.29) is 60.4 Å². The maximum atomic E-state index is 15.1. The van der Waals surface area contributed by atoms with Crippen LogP contribution in [0.15, 0.2) is 90.8 Å². The summed E-state index contributed by atoms with van der Waals surface area (Å²) in [4.78, 5) is 36.0. The van der Waals surface area contributed by atoms with E-state index in [1.54, 1.807) is 30.4 Å². The number of aromatic hydroxyl groups is 2. The van der Waals surface area contributed by atoms with Crippen LogP contribution >= 0.6 is 0 Å². The minimum absolute atomic E-state index is 0.0391. The average molecular weight is 820 g/mol. The van der Waals surface area contributed by atoms with Gasteiger partial charge in [0.15, 0.2) is 11.5 Å². The van der Waals surface area contributed by atoms with Crippen LogP contribution < -0.4 is 10.1 Å². The molecule has 0 radical (unpaired) electrons. The van der Waals surface area contributed by atoms with Crippen molar-refractivity contribution in [2.24, 2.45) is 5.92 Å². The Hall–Kier alpha value is -5.84. The number of aromatic nitrogens is 2. The maximum Gasteiger partial charge on any atom is 0.163 e. The SMILES string of the molecule is O=C1CCc2cc(OC3CCCC3)c(O)c(c2)C(O)c2cccc(c2)C2CCC(Nc3[nH]ccc32)C2=Cc3[nH]ccc3C(CC3(O)C=Cc4c(O)cccc4CC3)C2C(=O)C1. The highest BCUT2D eigenvalue weighted by Gasteiger charge is 2.45. The van der Waals surface area contributed by atoms with E-state index in [1.165, 1.54) is 0 Å². The van der Waals surface area contributed by atoms with E-state index in [9.17, 15) is 25.2 Å². The monoisotopic (exact) mass is 819 g/mol. The molecule has 2 aromatic heterocycles. The van der Waals surface area contributed by atoms with Gasteiger partial charge in [0.25, 0.3) is 0 Å². The zero-order valence-corrected chi connectivity index (χ0v) is 34.2. The van der Waals surface area contributed by atoms with Crippen LogP contribution in [0, 0.1) is 5.92 Å². The lowest BCUT2D eigenvalue weighted by Crippen LogP contribution is -2.39. The molecule has 6 bridgehead atoms. The smallest absolute Gasteiger partial charge is 0.163 e. The first-order chi connectivity index (χ1) is 29.6. The molecular formula is C51H53N3O7. The number of phenolic OH excluding ortho intramolecular Hbond substituents is 2. The topological polar surface area (TPSA) is 168 Å². The number of carbonyl (C=O) groups excluding carboxylic acids is 2. The number of hydrogen-bond acceptors (Lipinski definition) is 8. The van der Waals surface area contributed by atoms with Crippen LogP contribution in [0.5, 0.6) is 17.2 Å². The predicted molar refractivity (Wildman–Crippen MR) is 234 cm³/mol. The van der Waals surface area contributed by atoms with Gasteiger partial charge in [0, 0.05) is 65.0 Å². The molecule has 314 valence electrons. The van der Waals surface area contributed by atoms with E-state index in [0.29, 0.717) is 48.1 Å². The van der Waals surface area contributed by atoms with E-state index >= 15 is 4.79 Å². The van der Waals surface area contributed by atoms with E-state index in [2.05, 4.69) is 33.5 Å². The van der Waals surface area contributed by atoms with Gasteiger partial charge in [-0.3, -0.25) is 9.59 Å². The number of nitrogens with one attached hydrogen (secondary N) is 3. The Morgan fingerprint density at radius 3 is 2.49 bits per heavy atom. The van der Waals surface area contributed by atoms with Crippen LogP contribution in [0.3, 0.4) is 0 Å². The fourth-order valence-electron chi connectivity index (χ4n) is 10.9. The molecular weight excluding hydrogens is 767 g/mol. The number of phenols is 2. The van der Waals surface area contributed by atoms with Crippen molar-refractivity contribution in [2.45, 2.75) is 113 Å². The van der Waals surface area contributed by atoms with Crippen molar-refractivity contribution >= 4 is 29.5 Å². The first kappa shape index (κ1) is 39.3. The van der Waals surface area contributed by atoms with Crippen molar-refractivity contribution in [2.75, 3.05) is 5.32 Å². The summed E-state index contributed by atoms with van der Waals surface area (Å²) in [5.41, 5.74) is 6.82. The molecule has 4 aliphatic carbocycles. The molecule has 61 heavy (non-hydrogen) atoms. The summed E-state index contributed by atoms with van der Waals surface area (Å²) in [7, 11) is 0. The molecule has 7 N–H and O–H groups in total. The number of ether oxygens (including phenoxy) is 1. The zero-order valence-electron chi connectivity index (χ0n) is 34.2. The minimum Gasteiger partial charge on any atom is -0.507 e. The normalized spacial score (nSPS) is 26.4. The number of benzene rings is 3. The molecule has 10 heteroatoms. The quantitative estimate of drug-likeness (QED) is 0.0883. The summed E-state index contributed by atoms with van der Waals surface area (Å²) >= 11 is 0. The van der Waals surface area contributed by atoms with Gasteiger partial charge in [-0.05, 0) is 134 Å². The number of fused-ring (bicyclic) bond motifs is 14. The van der Waals surface area contributed by atoms with Crippen LogP contribution in [-0.4, -0.2) is 59.7 Å². The lowest BCUT2D eigenvalue weighted by molar-refractivity contribution is -0.129. The molecule has 5 aliphatic rings. The Balaban J connectivity index is 1.06. The highest BCUT2D eigenvalue weighted by Crippen LogP contribution is 2.50. The van der Waals surface area contributed by atoms with Crippen LogP contribution in [-0.2, 0) is 22.4 Å². The van der Waals surface area contributed by atoms with Crippen molar-refractivity contribution in [3.05, 3.63) is 141 Å². The van der Waals surface area contributed by atoms with Crippen molar-refractivity contribution in [1.29, 1.82) is 0 Å². The summed E-state index contributed by atoms with van der Waals surface area (Å²) in [6.07, 6.45) is 14.8. The summed E-state index contributed by atoms with van der Waals surface area (Å²) in [5.74, 6) is -0.401. The third-order valence-corrected chi connectivity index (χ3v) is 14.1. The number of aryl methyl sites for hydroxylation is 2. The number of rotatable bonds is 4. The van der Waals surface area contributed by atoms with Crippen LogP contribution in [0.1, 0.15) is 132 Å². The van der Waals surface area contributed by atoms with Gasteiger partial charge in [-0.1, -0.05) is 48.6 Å². The van der Waals surface area contributed by atoms with Crippen LogP contribution in [0.2, 0.25) is 0 Å². The number of H-pyrrole nitrogens is 2. The first-order valence-electron chi connectivity index (χ1n) is 22.0. The number of aliphatic hydroxyl groups is 2. The molecule has 1 saturated carbocycles. The molecule has 0 spiro atoms. The molecule has 1 fully saturated rings. The van der Waals surface area contributed by atoms with Gasteiger partial charge < -0.3 is 40.4 Å². The van der Waals surface area contributed by atoms with Crippen molar-refractivity contribution in [1.82, 2.24) is 9.97 Å². The van der Waals surface area contributed by atoms with Gasteiger partial charge >= 0.3 is 0 Å². The Morgan fingerprint density at radius 2 is 1.62 bits per heavy atom. The average Bonchev–Trinajstić information content (AvgIpc) is 4.01. The van der Waals surface area contributed by atoms with Gasteiger partial charge in [-0.2, -0.15) is 0 Å². The molecule has 0 amide bonds. The lowest BCUT2D eigenvalue weighted by atomic mass is 9.67. The van der Waals surface area contributed by atoms with Crippen molar-refractivity contribution in [3.8, 4) is 17.2 Å². The van der Waals surface area contributed by atoms with E-state index in [1.807, 2.05) is 48.8 Å². The number of ketones is 2. The van der Waals surface area contributed by atoms with Crippen LogP contribution in [0.25, 0.3) is 12.2 Å².